The van der Waals surface area contributed by atoms with Gasteiger partial charge in [-0.3, -0.25) is 19.2 Å². The number of carbonyl (C=O) groups is 5. The lowest BCUT2D eigenvalue weighted by Gasteiger charge is -2.29. The molecule has 0 aliphatic carbocycles. The number of nitrogens with zero attached hydrogens (tertiary/aromatic N) is 2. The fourth-order valence-electron chi connectivity index (χ4n) is 3.36. The van der Waals surface area contributed by atoms with Gasteiger partial charge in [0.2, 0.25) is 23.6 Å². The maximum absolute atomic E-state index is 13.3. The quantitative estimate of drug-likeness (QED) is 0.174. The van der Waals surface area contributed by atoms with Gasteiger partial charge >= 0.3 is 5.97 Å². The lowest BCUT2D eigenvalue weighted by molar-refractivity contribution is -0.145. The molecule has 2 rings (SSSR count). The number of rotatable bonds is 11. The van der Waals surface area contributed by atoms with Gasteiger partial charge in [0.25, 0.3) is 0 Å². The summed E-state index contributed by atoms with van der Waals surface area (Å²) in [5.74, 6) is -4.28. The number of aliphatic hydroxyl groups is 1. The summed E-state index contributed by atoms with van der Waals surface area (Å²) in [4.78, 5) is 68.3. The highest BCUT2D eigenvalue weighted by Gasteiger charge is 2.39. The molecule has 176 valence electrons. The van der Waals surface area contributed by atoms with Crippen molar-refractivity contribution in [3.63, 3.8) is 0 Å². The highest BCUT2D eigenvalue weighted by atomic mass is 16.4. The summed E-state index contributed by atoms with van der Waals surface area (Å²) in [6.07, 6.45) is 3.21. The average molecular weight is 453 g/mol. The highest BCUT2D eigenvalue weighted by molar-refractivity contribution is 5.95. The summed E-state index contributed by atoms with van der Waals surface area (Å²) < 4.78 is 0. The van der Waals surface area contributed by atoms with E-state index >= 15 is 0 Å². The van der Waals surface area contributed by atoms with Gasteiger partial charge in [-0.2, -0.15) is 0 Å². The fourth-order valence-corrected chi connectivity index (χ4v) is 3.36. The van der Waals surface area contributed by atoms with Gasteiger partial charge in [0.15, 0.2) is 0 Å². The van der Waals surface area contributed by atoms with E-state index in [1.54, 1.807) is 0 Å². The summed E-state index contributed by atoms with van der Waals surface area (Å²) >= 11 is 0. The van der Waals surface area contributed by atoms with Crippen LogP contribution in [0.3, 0.4) is 0 Å². The molecule has 1 fully saturated rings. The molecule has 1 aromatic rings. The Morgan fingerprint density at radius 3 is 2.53 bits per heavy atom. The zero-order valence-corrected chi connectivity index (χ0v) is 17.2. The molecule has 9 N–H and O–H groups in total. The van der Waals surface area contributed by atoms with Crippen LogP contribution in [0.1, 0.15) is 25.0 Å². The molecule has 4 amide bonds. The SMILES string of the molecule is NC(=O)CC(N)C(=O)NC(Cc1cnc[nH]1)C(=O)N1CCCC1C(=O)NC(CO)C(=O)O. The smallest absolute Gasteiger partial charge is 0.328 e. The minimum absolute atomic E-state index is 0.00704. The second-order valence-corrected chi connectivity index (χ2v) is 7.39. The molecule has 0 aromatic carbocycles. The van der Waals surface area contributed by atoms with Crippen LogP contribution < -0.4 is 22.1 Å². The monoisotopic (exact) mass is 453 g/mol. The van der Waals surface area contributed by atoms with Crippen molar-refractivity contribution in [2.24, 2.45) is 11.5 Å². The van der Waals surface area contributed by atoms with Crippen molar-refractivity contribution in [1.29, 1.82) is 0 Å². The van der Waals surface area contributed by atoms with E-state index in [0.29, 0.717) is 12.1 Å². The van der Waals surface area contributed by atoms with Crippen molar-refractivity contribution in [1.82, 2.24) is 25.5 Å². The van der Waals surface area contributed by atoms with E-state index in [-0.39, 0.29) is 19.4 Å². The summed E-state index contributed by atoms with van der Waals surface area (Å²) in [5.41, 5.74) is 11.3. The standard InChI is InChI=1S/C18H27N7O7/c19-10(5-14(20)27)15(28)23-11(4-9-6-21-8-22-9)17(30)25-3-1-2-13(25)16(29)24-12(7-26)18(31)32/h6,8,10-13,26H,1-5,7,19H2,(H2,20,27)(H,21,22)(H,23,28)(H,24,29)(H,31,32). The van der Waals surface area contributed by atoms with Gasteiger partial charge < -0.3 is 42.2 Å². The van der Waals surface area contributed by atoms with Crippen LogP contribution in [0, 0.1) is 0 Å². The first-order valence-corrected chi connectivity index (χ1v) is 9.90. The number of carboxylic acid groups (broad SMARTS) is 1. The number of primary amides is 1. The number of aliphatic carboxylic acids is 1. The third-order valence-electron chi connectivity index (χ3n) is 4.99. The summed E-state index contributed by atoms with van der Waals surface area (Å²) in [5, 5.41) is 22.9. The normalized spacial score (nSPS) is 18.4. The third-order valence-corrected chi connectivity index (χ3v) is 4.99. The van der Waals surface area contributed by atoms with Crippen LogP contribution in [0.5, 0.6) is 0 Å². The highest BCUT2D eigenvalue weighted by Crippen LogP contribution is 2.20. The zero-order chi connectivity index (χ0) is 23.8. The largest absolute Gasteiger partial charge is 0.480 e. The van der Waals surface area contributed by atoms with Crippen LogP contribution >= 0.6 is 0 Å². The number of aromatic amines is 1. The van der Waals surface area contributed by atoms with Gasteiger partial charge in [0, 0.05) is 24.9 Å². The number of carbonyl (C=O) groups excluding carboxylic acids is 4. The Labute approximate surface area is 182 Å². The third kappa shape index (κ3) is 6.49. The Bertz CT molecular complexity index is 845. The first-order chi connectivity index (χ1) is 15.1. The molecular formula is C18H27N7O7. The number of aromatic nitrogens is 2. The Kier molecular flexibility index (Phi) is 8.66. The molecule has 0 radical (unpaired) electrons. The van der Waals surface area contributed by atoms with Crippen LogP contribution in [0.4, 0.5) is 0 Å². The van der Waals surface area contributed by atoms with E-state index in [9.17, 15) is 24.0 Å². The van der Waals surface area contributed by atoms with Gasteiger partial charge in [-0.1, -0.05) is 0 Å². The van der Waals surface area contributed by atoms with Crippen molar-refractivity contribution in [3.05, 3.63) is 18.2 Å². The zero-order valence-electron chi connectivity index (χ0n) is 17.2. The van der Waals surface area contributed by atoms with Crippen molar-refractivity contribution in [2.45, 2.75) is 49.9 Å². The maximum atomic E-state index is 13.3. The molecule has 4 atom stereocenters. The molecule has 0 bridgehead atoms. The second kappa shape index (κ2) is 11.2. The first-order valence-electron chi connectivity index (χ1n) is 9.90. The predicted octanol–water partition coefficient (Wildman–Crippen LogP) is -3.81. The average Bonchev–Trinajstić information content (AvgIpc) is 3.41. The number of aliphatic hydroxyl groups excluding tert-OH is 1. The molecule has 0 saturated carbocycles. The number of hydrogen-bond donors (Lipinski definition) is 7. The number of carboxylic acids is 1. The molecule has 0 spiro atoms. The minimum atomic E-state index is -1.51. The molecule has 1 aliphatic heterocycles. The summed E-state index contributed by atoms with van der Waals surface area (Å²) in [7, 11) is 0. The van der Waals surface area contributed by atoms with E-state index in [2.05, 4.69) is 20.6 Å². The van der Waals surface area contributed by atoms with Crippen LogP contribution in [-0.4, -0.2) is 92.0 Å². The molecule has 1 aromatic heterocycles. The minimum Gasteiger partial charge on any atom is -0.480 e. The molecule has 1 aliphatic rings. The van der Waals surface area contributed by atoms with Gasteiger partial charge in [-0.25, -0.2) is 9.78 Å². The van der Waals surface area contributed by atoms with Gasteiger partial charge in [0.05, 0.1) is 25.4 Å². The summed E-state index contributed by atoms with van der Waals surface area (Å²) in [6, 6.07) is -4.88. The Hall–Kier alpha value is -3.52. The first kappa shape index (κ1) is 24.7. The van der Waals surface area contributed by atoms with Crippen molar-refractivity contribution < 1.29 is 34.2 Å². The number of likely N-dealkylation sites (tertiary alicyclic amines) is 1. The van der Waals surface area contributed by atoms with E-state index in [1.165, 1.54) is 17.4 Å². The molecule has 1 saturated heterocycles. The predicted molar refractivity (Wildman–Crippen MR) is 107 cm³/mol. The molecule has 32 heavy (non-hydrogen) atoms. The van der Waals surface area contributed by atoms with E-state index < -0.39 is 66.8 Å². The number of nitrogens with one attached hydrogen (secondary N) is 3. The maximum Gasteiger partial charge on any atom is 0.328 e. The molecule has 14 heteroatoms. The van der Waals surface area contributed by atoms with Gasteiger partial charge in [-0.05, 0) is 12.8 Å². The Morgan fingerprint density at radius 2 is 1.97 bits per heavy atom. The van der Waals surface area contributed by atoms with Crippen molar-refractivity contribution >= 4 is 29.6 Å². The lowest BCUT2D eigenvalue weighted by Crippen LogP contribution is -2.57. The van der Waals surface area contributed by atoms with E-state index in [0.717, 1.165) is 0 Å². The van der Waals surface area contributed by atoms with Crippen LogP contribution in [0.2, 0.25) is 0 Å². The van der Waals surface area contributed by atoms with E-state index in [4.69, 9.17) is 21.7 Å². The van der Waals surface area contributed by atoms with Crippen LogP contribution in [0.15, 0.2) is 12.5 Å². The van der Waals surface area contributed by atoms with Crippen LogP contribution in [-0.2, 0) is 30.4 Å². The summed E-state index contributed by atoms with van der Waals surface area (Å²) in [6.45, 7) is -0.603. The van der Waals surface area contributed by atoms with Gasteiger partial charge in [-0.15, -0.1) is 0 Å². The molecule has 2 heterocycles. The molecule has 4 unspecified atom stereocenters. The van der Waals surface area contributed by atoms with Crippen LogP contribution in [0.25, 0.3) is 0 Å². The second-order valence-electron chi connectivity index (χ2n) is 7.39. The topological polar surface area (TPSA) is 234 Å². The Morgan fingerprint density at radius 1 is 1.25 bits per heavy atom. The molecule has 14 nitrogen and oxygen atoms in total. The lowest BCUT2D eigenvalue weighted by atomic mass is 10.1. The van der Waals surface area contributed by atoms with E-state index in [1.807, 2.05) is 0 Å². The number of H-pyrrole nitrogens is 1. The Balaban J connectivity index is 2.17. The number of hydrogen-bond acceptors (Lipinski definition) is 8. The van der Waals surface area contributed by atoms with Crippen molar-refractivity contribution in [2.75, 3.05) is 13.2 Å². The molecular weight excluding hydrogens is 426 g/mol. The number of imidazole rings is 1. The van der Waals surface area contributed by atoms with Gasteiger partial charge in [0.1, 0.15) is 18.1 Å². The number of nitrogens with two attached hydrogens (primary N) is 2. The fraction of sp³-hybridized carbons (Fsp3) is 0.556. The number of amides is 4. The van der Waals surface area contributed by atoms with Crippen molar-refractivity contribution in [3.8, 4) is 0 Å².